The number of benzene rings is 1. The van der Waals surface area contributed by atoms with Gasteiger partial charge in [0.1, 0.15) is 5.82 Å². The molecule has 3 aromatic rings. The Labute approximate surface area is 166 Å². The normalized spacial score (nSPS) is 14.3. The number of carboxylic acid groups (broad SMARTS) is 1. The molecule has 0 unspecified atom stereocenters. The van der Waals surface area contributed by atoms with E-state index in [4.69, 9.17) is 5.11 Å². The Morgan fingerprint density at radius 3 is 2.38 bits per heavy atom. The van der Waals surface area contributed by atoms with E-state index in [0.717, 1.165) is 22.4 Å². The average Bonchev–Trinajstić information content (AvgIpc) is 3.13. The van der Waals surface area contributed by atoms with Crippen LogP contribution < -0.4 is 5.32 Å². The zero-order valence-corrected chi connectivity index (χ0v) is 15.6. The van der Waals surface area contributed by atoms with Crippen LogP contribution in [0.25, 0.3) is 22.4 Å². The van der Waals surface area contributed by atoms with Gasteiger partial charge in [0.25, 0.3) is 0 Å². The highest BCUT2D eigenvalue weighted by Gasteiger charge is 2.25. The minimum atomic E-state index is -0.880. The standard InChI is InChI=1S/C20H20FN5O2.H2O/c21-15-3-1-14(2-4-15)18-17(13-5-9-22-10-6-13)19(25-24-18)23-16-7-11-26(12-8-16)20(27)28;/h1-6,9-10,16H,7-8,11-12H2,(H,27,28)(H2,23,24,25);1H2. The number of nitrogens with zero attached hydrogens (tertiary/aromatic N) is 3. The average molecular weight is 399 g/mol. The molecule has 1 fully saturated rings. The molecule has 8 nitrogen and oxygen atoms in total. The maximum absolute atomic E-state index is 13.3. The molecule has 0 bridgehead atoms. The fraction of sp³-hybridized carbons (Fsp3) is 0.250. The predicted molar refractivity (Wildman–Crippen MR) is 107 cm³/mol. The van der Waals surface area contributed by atoms with Crippen LogP contribution in [0, 0.1) is 5.82 Å². The molecule has 0 radical (unpaired) electrons. The Kier molecular flexibility index (Phi) is 6.08. The van der Waals surface area contributed by atoms with Gasteiger partial charge in [0.15, 0.2) is 5.82 Å². The molecule has 4 rings (SSSR count). The number of hydrogen-bond acceptors (Lipinski definition) is 4. The van der Waals surface area contributed by atoms with Crippen molar-refractivity contribution in [3.8, 4) is 22.4 Å². The van der Waals surface area contributed by atoms with Crippen LogP contribution in [0.3, 0.4) is 0 Å². The summed E-state index contributed by atoms with van der Waals surface area (Å²) in [6.07, 6.45) is 3.97. The molecule has 1 aliphatic heterocycles. The molecule has 0 atom stereocenters. The van der Waals surface area contributed by atoms with Crippen LogP contribution >= 0.6 is 0 Å². The predicted octanol–water partition coefficient (Wildman–Crippen LogP) is 3.01. The summed E-state index contributed by atoms with van der Waals surface area (Å²) in [4.78, 5) is 16.6. The van der Waals surface area contributed by atoms with Crippen LogP contribution in [-0.4, -0.2) is 55.9 Å². The summed E-state index contributed by atoms with van der Waals surface area (Å²) in [5, 5.41) is 20.1. The van der Waals surface area contributed by atoms with E-state index in [0.29, 0.717) is 31.7 Å². The molecule has 0 saturated carbocycles. The lowest BCUT2D eigenvalue weighted by Gasteiger charge is -2.30. The molecular formula is C20H22FN5O3. The molecular weight excluding hydrogens is 377 g/mol. The first-order chi connectivity index (χ1) is 13.6. The molecule has 0 spiro atoms. The summed E-state index contributed by atoms with van der Waals surface area (Å²) in [7, 11) is 0. The van der Waals surface area contributed by atoms with Crippen LogP contribution in [0.1, 0.15) is 12.8 Å². The van der Waals surface area contributed by atoms with Gasteiger partial charge in [0.2, 0.25) is 0 Å². The monoisotopic (exact) mass is 399 g/mol. The number of rotatable bonds is 4. The van der Waals surface area contributed by atoms with Gasteiger partial charge in [-0.1, -0.05) is 0 Å². The number of pyridine rings is 1. The van der Waals surface area contributed by atoms with Crippen molar-refractivity contribution in [1.82, 2.24) is 20.1 Å². The Morgan fingerprint density at radius 1 is 1.10 bits per heavy atom. The number of halogens is 1. The number of carbonyl (C=O) groups is 1. The van der Waals surface area contributed by atoms with E-state index in [1.807, 2.05) is 12.1 Å². The quantitative estimate of drug-likeness (QED) is 0.622. The third-order valence-electron chi connectivity index (χ3n) is 4.97. The zero-order chi connectivity index (χ0) is 19.5. The van der Waals surface area contributed by atoms with Crippen molar-refractivity contribution < 1.29 is 19.8 Å². The SMILES string of the molecule is O.O=C(O)N1CCC(Nc2n[nH]c(-c3ccc(F)cc3)c2-c2ccncc2)CC1. The number of hydrogen-bond donors (Lipinski definition) is 3. The Bertz CT molecular complexity index is 954. The van der Waals surface area contributed by atoms with Crippen LogP contribution in [-0.2, 0) is 0 Å². The number of likely N-dealkylation sites (tertiary alicyclic amines) is 1. The van der Waals surface area contributed by atoms with Crippen molar-refractivity contribution in [2.75, 3.05) is 18.4 Å². The Hall–Kier alpha value is -3.46. The van der Waals surface area contributed by atoms with Gasteiger partial charge < -0.3 is 20.8 Å². The van der Waals surface area contributed by atoms with E-state index in [9.17, 15) is 9.18 Å². The highest BCUT2D eigenvalue weighted by atomic mass is 19.1. The lowest BCUT2D eigenvalue weighted by Crippen LogP contribution is -2.41. The van der Waals surface area contributed by atoms with E-state index in [1.54, 1.807) is 24.5 Å². The number of nitrogens with one attached hydrogen (secondary N) is 2. The molecule has 9 heteroatoms. The van der Waals surface area contributed by atoms with Crippen LogP contribution in [0.15, 0.2) is 48.8 Å². The first kappa shape index (κ1) is 20.3. The highest BCUT2D eigenvalue weighted by molar-refractivity contribution is 5.88. The summed E-state index contributed by atoms with van der Waals surface area (Å²) in [6, 6.07) is 10.2. The first-order valence-corrected chi connectivity index (χ1v) is 9.11. The van der Waals surface area contributed by atoms with Crippen molar-refractivity contribution in [2.24, 2.45) is 0 Å². The first-order valence-electron chi connectivity index (χ1n) is 9.11. The molecule has 29 heavy (non-hydrogen) atoms. The molecule has 0 aliphatic carbocycles. The smallest absolute Gasteiger partial charge is 0.407 e. The van der Waals surface area contributed by atoms with E-state index in [2.05, 4.69) is 20.5 Å². The third kappa shape index (κ3) is 4.35. The molecule has 3 heterocycles. The van der Waals surface area contributed by atoms with Gasteiger partial charge >= 0.3 is 6.09 Å². The number of amides is 1. The fourth-order valence-electron chi connectivity index (χ4n) is 3.48. The van der Waals surface area contributed by atoms with Gasteiger partial charge in [-0.05, 0) is 54.8 Å². The molecule has 1 aliphatic rings. The van der Waals surface area contributed by atoms with Gasteiger partial charge in [0.05, 0.1) is 11.3 Å². The zero-order valence-electron chi connectivity index (χ0n) is 15.6. The number of aromatic nitrogens is 3. The summed E-state index contributed by atoms with van der Waals surface area (Å²) < 4.78 is 13.3. The van der Waals surface area contributed by atoms with E-state index >= 15 is 0 Å². The number of anilines is 1. The van der Waals surface area contributed by atoms with Crippen LogP contribution in [0.4, 0.5) is 15.0 Å². The highest BCUT2D eigenvalue weighted by Crippen LogP contribution is 2.36. The summed E-state index contributed by atoms with van der Waals surface area (Å²) in [5.41, 5.74) is 3.44. The molecule has 1 aromatic carbocycles. The van der Waals surface area contributed by atoms with Crippen molar-refractivity contribution in [3.05, 3.63) is 54.6 Å². The van der Waals surface area contributed by atoms with Gasteiger partial charge in [-0.2, -0.15) is 5.10 Å². The lowest BCUT2D eigenvalue weighted by molar-refractivity contribution is 0.134. The largest absolute Gasteiger partial charge is 0.465 e. The van der Waals surface area contributed by atoms with Crippen molar-refractivity contribution in [3.63, 3.8) is 0 Å². The minimum absolute atomic E-state index is 0. The van der Waals surface area contributed by atoms with Gasteiger partial charge in [0, 0.05) is 37.1 Å². The van der Waals surface area contributed by atoms with Crippen molar-refractivity contribution in [1.29, 1.82) is 0 Å². The van der Waals surface area contributed by atoms with Crippen molar-refractivity contribution in [2.45, 2.75) is 18.9 Å². The molecule has 1 saturated heterocycles. The van der Waals surface area contributed by atoms with E-state index in [-0.39, 0.29) is 17.3 Å². The van der Waals surface area contributed by atoms with Crippen LogP contribution in [0.5, 0.6) is 0 Å². The molecule has 2 aromatic heterocycles. The molecule has 5 N–H and O–H groups in total. The third-order valence-corrected chi connectivity index (χ3v) is 4.97. The van der Waals surface area contributed by atoms with Gasteiger partial charge in [-0.25, -0.2) is 9.18 Å². The summed E-state index contributed by atoms with van der Waals surface area (Å²) in [6.45, 7) is 0.986. The molecule has 1 amide bonds. The minimum Gasteiger partial charge on any atom is -0.465 e. The number of H-pyrrole nitrogens is 1. The summed E-state index contributed by atoms with van der Waals surface area (Å²) >= 11 is 0. The second-order valence-electron chi connectivity index (χ2n) is 6.75. The molecule has 152 valence electrons. The Morgan fingerprint density at radius 2 is 1.76 bits per heavy atom. The lowest BCUT2D eigenvalue weighted by atomic mass is 10.0. The fourth-order valence-corrected chi connectivity index (χ4v) is 3.48. The Balaban J connectivity index is 0.00000240. The maximum atomic E-state index is 13.3. The van der Waals surface area contributed by atoms with Crippen molar-refractivity contribution >= 4 is 11.9 Å². The second-order valence-corrected chi connectivity index (χ2v) is 6.75. The van der Waals surface area contributed by atoms with E-state index in [1.165, 1.54) is 17.0 Å². The second kappa shape index (κ2) is 8.70. The number of aromatic amines is 1. The summed E-state index contributed by atoms with van der Waals surface area (Å²) in [5.74, 6) is 0.400. The van der Waals surface area contributed by atoms with E-state index < -0.39 is 6.09 Å². The maximum Gasteiger partial charge on any atom is 0.407 e. The van der Waals surface area contributed by atoms with Crippen LogP contribution in [0.2, 0.25) is 0 Å². The number of piperidine rings is 1. The topological polar surface area (TPSA) is 126 Å². The van der Waals surface area contributed by atoms with Gasteiger partial charge in [-0.15, -0.1) is 0 Å². The van der Waals surface area contributed by atoms with Gasteiger partial charge in [-0.3, -0.25) is 10.1 Å².